The second-order valence-electron chi connectivity index (χ2n) is 6.59. The van der Waals surface area contributed by atoms with Crippen molar-refractivity contribution < 1.29 is 22.7 Å². The Balaban J connectivity index is 2.11. The molecule has 0 spiro atoms. The second-order valence-corrected chi connectivity index (χ2v) is 8.57. The van der Waals surface area contributed by atoms with Crippen molar-refractivity contribution in [3.05, 3.63) is 59.2 Å². The van der Waals surface area contributed by atoms with Crippen molar-refractivity contribution in [3.63, 3.8) is 0 Å². The molecule has 27 heavy (non-hydrogen) atoms. The van der Waals surface area contributed by atoms with Crippen molar-refractivity contribution in [1.29, 1.82) is 0 Å². The molecule has 0 unspecified atom stereocenters. The Kier molecular flexibility index (Phi) is 6.38. The van der Waals surface area contributed by atoms with E-state index in [9.17, 15) is 18.0 Å². The van der Waals surface area contributed by atoms with Gasteiger partial charge in [-0.3, -0.25) is 4.79 Å². The van der Waals surface area contributed by atoms with E-state index >= 15 is 0 Å². The van der Waals surface area contributed by atoms with Crippen LogP contribution in [0.2, 0.25) is 0 Å². The maximum Gasteiger partial charge on any atom is 0.339 e. The molecule has 0 saturated heterocycles. The van der Waals surface area contributed by atoms with Gasteiger partial charge < -0.3 is 10.1 Å². The molecule has 2 rings (SSSR count). The monoisotopic (exact) mass is 389 g/mol. The van der Waals surface area contributed by atoms with Crippen LogP contribution in [0.1, 0.15) is 41.3 Å². The van der Waals surface area contributed by atoms with Crippen LogP contribution in [0, 0.1) is 6.92 Å². The number of amides is 1. The van der Waals surface area contributed by atoms with Crippen LogP contribution in [-0.4, -0.2) is 33.2 Å². The molecule has 0 aliphatic heterocycles. The zero-order valence-electron chi connectivity index (χ0n) is 15.8. The Morgan fingerprint density at radius 2 is 1.74 bits per heavy atom. The number of carbonyl (C=O) groups excluding carboxylic acids is 2. The van der Waals surface area contributed by atoms with Crippen molar-refractivity contribution in [2.24, 2.45) is 0 Å². The highest BCUT2D eigenvalue weighted by molar-refractivity contribution is 7.90. The third-order valence-electron chi connectivity index (χ3n) is 4.03. The van der Waals surface area contributed by atoms with Gasteiger partial charge in [0.2, 0.25) is 0 Å². The highest BCUT2D eigenvalue weighted by Gasteiger charge is 2.20. The van der Waals surface area contributed by atoms with E-state index in [1.807, 2.05) is 39.0 Å². The van der Waals surface area contributed by atoms with Gasteiger partial charge in [-0.15, -0.1) is 0 Å². The molecule has 0 saturated carbocycles. The fourth-order valence-corrected chi connectivity index (χ4v) is 3.56. The molecule has 0 aliphatic carbocycles. The lowest BCUT2D eigenvalue weighted by molar-refractivity contribution is -0.119. The maximum absolute atomic E-state index is 12.3. The second kappa shape index (κ2) is 8.35. The summed E-state index contributed by atoms with van der Waals surface area (Å²) in [6.45, 7) is 5.41. The summed E-state index contributed by atoms with van der Waals surface area (Å²) in [4.78, 5) is 24.4. The van der Waals surface area contributed by atoms with E-state index in [-0.39, 0.29) is 16.4 Å². The Labute approximate surface area is 159 Å². The van der Waals surface area contributed by atoms with E-state index < -0.39 is 28.3 Å². The highest BCUT2D eigenvalue weighted by Crippen LogP contribution is 2.27. The van der Waals surface area contributed by atoms with Crippen LogP contribution in [-0.2, 0) is 19.4 Å². The quantitative estimate of drug-likeness (QED) is 0.766. The molecule has 0 heterocycles. The Morgan fingerprint density at radius 3 is 2.37 bits per heavy atom. The van der Waals surface area contributed by atoms with Crippen LogP contribution in [0.5, 0.6) is 0 Å². The molecule has 0 radical (unpaired) electrons. The Morgan fingerprint density at radius 1 is 1.07 bits per heavy atom. The molecule has 0 atom stereocenters. The average molecular weight is 389 g/mol. The summed E-state index contributed by atoms with van der Waals surface area (Å²) in [6.07, 6.45) is 1.01. The van der Waals surface area contributed by atoms with E-state index in [1.165, 1.54) is 24.3 Å². The first kappa shape index (κ1) is 20.6. The molecule has 0 fully saturated rings. The number of para-hydroxylation sites is 1. The lowest BCUT2D eigenvalue weighted by Crippen LogP contribution is -2.23. The summed E-state index contributed by atoms with van der Waals surface area (Å²) >= 11 is 0. The number of ether oxygens (including phenoxy) is 1. The molecular formula is C20H23NO5S. The number of carbonyl (C=O) groups is 2. The standard InChI is InChI=1S/C20H23NO5S/c1-13(2)15-10-7-8-14(3)19(15)21-18(22)12-26-20(23)16-9-5-6-11-17(16)27(4,24)25/h5-11,13H,12H2,1-4H3,(H,21,22). The zero-order valence-corrected chi connectivity index (χ0v) is 16.6. The predicted octanol–water partition coefficient (Wildman–Crippen LogP) is 3.32. The van der Waals surface area contributed by atoms with E-state index in [0.29, 0.717) is 5.69 Å². The Hall–Kier alpha value is -2.67. The topological polar surface area (TPSA) is 89.5 Å². The van der Waals surface area contributed by atoms with Crippen molar-refractivity contribution in [1.82, 2.24) is 0 Å². The first-order chi connectivity index (χ1) is 12.6. The van der Waals surface area contributed by atoms with E-state index in [4.69, 9.17) is 4.74 Å². The molecule has 7 heteroatoms. The van der Waals surface area contributed by atoms with Crippen LogP contribution < -0.4 is 5.32 Å². The number of aryl methyl sites for hydroxylation is 1. The molecule has 1 amide bonds. The van der Waals surface area contributed by atoms with Gasteiger partial charge in [0.1, 0.15) is 0 Å². The van der Waals surface area contributed by atoms with E-state index in [1.54, 1.807) is 0 Å². The number of esters is 1. The van der Waals surface area contributed by atoms with Gasteiger partial charge in [0.25, 0.3) is 5.91 Å². The van der Waals surface area contributed by atoms with Gasteiger partial charge >= 0.3 is 5.97 Å². The minimum Gasteiger partial charge on any atom is -0.452 e. The molecule has 0 bridgehead atoms. The molecular weight excluding hydrogens is 366 g/mol. The van der Waals surface area contributed by atoms with Crippen LogP contribution in [0.25, 0.3) is 0 Å². The summed E-state index contributed by atoms with van der Waals surface area (Å²) in [5, 5.41) is 2.78. The summed E-state index contributed by atoms with van der Waals surface area (Å²) < 4.78 is 28.6. The predicted molar refractivity (Wildman–Crippen MR) is 104 cm³/mol. The van der Waals surface area contributed by atoms with Crippen LogP contribution in [0.3, 0.4) is 0 Å². The summed E-state index contributed by atoms with van der Waals surface area (Å²) in [5.74, 6) is -1.14. The van der Waals surface area contributed by atoms with Crippen molar-refractivity contribution >= 4 is 27.4 Å². The number of nitrogens with one attached hydrogen (secondary N) is 1. The van der Waals surface area contributed by atoms with Crippen molar-refractivity contribution in [3.8, 4) is 0 Å². The van der Waals surface area contributed by atoms with E-state index in [2.05, 4.69) is 5.32 Å². The largest absolute Gasteiger partial charge is 0.452 e. The molecule has 144 valence electrons. The summed E-state index contributed by atoms with van der Waals surface area (Å²) in [5.41, 5.74) is 2.50. The SMILES string of the molecule is Cc1cccc(C(C)C)c1NC(=O)COC(=O)c1ccccc1S(C)(=O)=O. The number of hydrogen-bond donors (Lipinski definition) is 1. The molecule has 2 aromatic rings. The first-order valence-electron chi connectivity index (χ1n) is 8.47. The third-order valence-corrected chi connectivity index (χ3v) is 5.19. The van der Waals surface area contributed by atoms with Gasteiger partial charge in [-0.05, 0) is 36.1 Å². The molecule has 1 N–H and O–H groups in total. The van der Waals surface area contributed by atoms with Crippen LogP contribution in [0.4, 0.5) is 5.69 Å². The maximum atomic E-state index is 12.3. The van der Waals surface area contributed by atoms with Gasteiger partial charge in [-0.1, -0.05) is 44.2 Å². The third kappa shape index (κ3) is 5.17. The smallest absolute Gasteiger partial charge is 0.339 e. The van der Waals surface area contributed by atoms with Gasteiger partial charge in [0.15, 0.2) is 16.4 Å². The van der Waals surface area contributed by atoms with Crippen molar-refractivity contribution in [2.45, 2.75) is 31.6 Å². The molecule has 2 aromatic carbocycles. The number of anilines is 1. The first-order valence-corrected chi connectivity index (χ1v) is 10.4. The van der Waals surface area contributed by atoms with Gasteiger partial charge in [-0.2, -0.15) is 0 Å². The lowest BCUT2D eigenvalue weighted by Gasteiger charge is -2.16. The number of sulfone groups is 1. The number of rotatable bonds is 6. The number of benzene rings is 2. The lowest BCUT2D eigenvalue weighted by atomic mass is 9.98. The molecule has 0 aromatic heterocycles. The minimum absolute atomic E-state index is 0.0911. The van der Waals surface area contributed by atoms with Gasteiger partial charge in [-0.25, -0.2) is 13.2 Å². The Bertz CT molecular complexity index is 964. The fourth-order valence-electron chi connectivity index (χ4n) is 2.69. The van der Waals surface area contributed by atoms with E-state index in [0.717, 1.165) is 17.4 Å². The van der Waals surface area contributed by atoms with Gasteiger partial charge in [0.05, 0.1) is 10.5 Å². The zero-order chi connectivity index (χ0) is 20.2. The van der Waals surface area contributed by atoms with Crippen LogP contribution >= 0.6 is 0 Å². The highest BCUT2D eigenvalue weighted by atomic mass is 32.2. The minimum atomic E-state index is -3.59. The summed E-state index contributed by atoms with van der Waals surface area (Å²) in [6, 6.07) is 11.5. The van der Waals surface area contributed by atoms with Crippen molar-refractivity contribution in [2.75, 3.05) is 18.2 Å². The normalized spacial score (nSPS) is 11.3. The molecule has 6 nitrogen and oxygen atoms in total. The van der Waals surface area contributed by atoms with Gasteiger partial charge in [0, 0.05) is 11.9 Å². The number of hydrogen-bond acceptors (Lipinski definition) is 5. The fraction of sp³-hybridized carbons (Fsp3) is 0.300. The molecule has 0 aliphatic rings. The van der Waals surface area contributed by atoms with Crippen LogP contribution in [0.15, 0.2) is 47.4 Å². The summed E-state index contributed by atoms with van der Waals surface area (Å²) in [7, 11) is -3.59. The average Bonchev–Trinajstić information content (AvgIpc) is 2.60.